The Morgan fingerprint density at radius 3 is 0.947 bits per heavy atom. The average molecular weight is 827 g/mol. The predicted molar refractivity (Wildman–Crippen MR) is 228 cm³/mol. The Morgan fingerprint density at radius 1 is 0.316 bits per heavy atom. The standard InChI is InChI=1S/C48H78N2O5S2/c51-56(52,33-21-17-31(18-22-33)49-43-13-5-1-9-37(43)38-10-2-6-14-44(38)49)35-25-27-41-42-28-26-36(30-48(42)55-47(41)29-35)57(53,54)34-23-19-32(20-24-34)50-45-15-7-3-11-39(45)40-12-4-8-16-46(40)50/h31-48H,1-30H2. The third-order valence-corrected chi connectivity index (χ3v) is 25.8. The smallest absolute Gasteiger partial charge is 0.156 e. The van der Waals surface area contributed by atoms with Crippen molar-refractivity contribution in [2.75, 3.05) is 0 Å². The van der Waals surface area contributed by atoms with Gasteiger partial charge in [-0.2, -0.15) is 0 Å². The monoisotopic (exact) mass is 827 g/mol. The van der Waals surface area contributed by atoms with E-state index in [2.05, 4.69) is 9.80 Å². The van der Waals surface area contributed by atoms with Crippen LogP contribution < -0.4 is 0 Å². The maximum atomic E-state index is 14.4. The molecule has 0 bridgehead atoms. The van der Waals surface area contributed by atoms with Gasteiger partial charge in [-0.25, -0.2) is 16.8 Å². The highest BCUT2D eigenvalue weighted by molar-refractivity contribution is 7.92. The van der Waals surface area contributed by atoms with Crippen molar-refractivity contribution in [3.63, 3.8) is 0 Å². The largest absolute Gasteiger partial charge is 0.374 e. The van der Waals surface area contributed by atoms with Crippen LogP contribution in [0.5, 0.6) is 0 Å². The van der Waals surface area contributed by atoms with Crippen LogP contribution in [0.2, 0.25) is 0 Å². The van der Waals surface area contributed by atoms with Crippen molar-refractivity contribution in [1.82, 2.24) is 9.80 Å². The Kier molecular flexibility index (Phi) is 11.0. The summed E-state index contributed by atoms with van der Waals surface area (Å²) in [6, 6.07) is 4.24. The molecule has 11 fully saturated rings. The molecule has 11 aliphatic rings. The number of hydrogen-bond donors (Lipinski definition) is 0. The Bertz CT molecular complexity index is 1490. The van der Waals surface area contributed by atoms with Crippen molar-refractivity contribution < 1.29 is 21.6 Å². The highest BCUT2D eigenvalue weighted by Crippen LogP contribution is 2.55. The molecule has 8 saturated carbocycles. The molecule has 0 N–H and O–H groups in total. The van der Waals surface area contributed by atoms with E-state index in [1.54, 1.807) is 0 Å². The number of hydrogen-bond acceptors (Lipinski definition) is 7. The van der Waals surface area contributed by atoms with Gasteiger partial charge in [-0.15, -0.1) is 0 Å². The van der Waals surface area contributed by atoms with E-state index in [0.717, 1.165) is 125 Å². The Hall–Kier alpha value is -0.220. The molecule has 8 aliphatic carbocycles. The molecule has 11 rings (SSSR count). The van der Waals surface area contributed by atoms with E-state index >= 15 is 0 Å². The van der Waals surface area contributed by atoms with Crippen LogP contribution in [-0.2, 0) is 24.4 Å². The van der Waals surface area contributed by atoms with Crippen LogP contribution in [0.3, 0.4) is 0 Å². The molecule has 322 valence electrons. The van der Waals surface area contributed by atoms with E-state index in [0.29, 0.717) is 36.8 Å². The molecule has 14 unspecified atom stereocenters. The van der Waals surface area contributed by atoms with Crippen LogP contribution >= 0.6 is 0 Å². The number of sulfone groups is 2. The molecule has 0 aromatic carbocycles. The van der Waals surface area contributed by atoms with Crippen molar-refractivity contribution in [2.24, 2.45) is 35.5 Å². The summed E-state index contributed by atoms with van der Waals surface area (Å²) in [6.07, 6.45) is 34.7. The highest BCUT2D eigenvalue weighted by Gasteiger charge is 2.57. The summed E-state index contributed by atoms with van der Waals surface area (Å²) in [5, 5.41) is -0.935. The highest BCUT2D eigenvalue weighted by atomic mass is 32.2. The zero-order valence-corrected chi connectivity index (χ0v) is 37.0. The fourth-order valence-electron chi connectivity index (χ4n) is 17.8. The average Bonchev–Trinajstić information content (AvgIpc) is 3.91. The van der Waals surface area contributed by atoms with Crippen LogP contribution in [0.1, 0.15) is 193 Å². The fourth-order valence-corrected chi connectivity index (χ4v) is 22.6. The zero-order chi connectivity index (χ0) is 38.5. The Labute approximate surface area is 347 Å². The van der Waals surface area contributed by atoms with E-state index in [-0.39, 0.29) is 33.2 Å². The van der Waals surface area contributed by atoms with Crippen LogP contribution in [0.25, 0.3) is 0 Å². The minimum absolute atomic E-state index is 0.00878. The van der Waals surface area contributed by atoms with E-state index in [1.807, 2.05) is 0 Å². The molecule has 9 heteroatoms. The zero-order valence-electron chi connectivity index (χ0n) is 35.4. The maximum absolute atomic E-state index is 14.4. The van der Waals surface area contributed by atoms with Crippen LogP contribution in [0.4, 0.5) is 0 Å². The lowest BCUT2D eigenvalue weighted by molar-refractivity contribution is 0.00715. The third kappa shape index (κ3) is 6.82. The van der Waals surface area contributed by atoms with Crippen molar-refractivity contribution in [3.8, 4) is 0 Å². The minimum atomic E-state index is -3.22. The summed E-state index contributed by atoms with van der Waals surface area (Å²) < 4.78 is 64.3. The Balaban J connectivity index is 0.687. The summed E-state index contributed by atoms with van der Waals surface area (Å²) in [5.41, 5.74) is 0. The molecule has 3 heterocycles. The van der Waals surface area contributed by atoms with Gasteiger partial charge >= 0.3 is 0 Å². The summed E-state index contributed by atoms with van der Waals surface area (Å²) in [4.78, 5) is 6.00. The Morgan fingerprint density at radius 2 is 0.614 bits per heavy atom. The first kappa shape index (κ1) is 39.6. The SMILES string of the molecule is O=S(=O)(C1CCC(N2C3CCCCC3C3CCCCC32)CC1)C1CCC2C(C1)OC1CC(S(=O)(=O)C3CCC(N4C5CCCCC5C5CCCCC54)CC3)CCC12. The van der Waals surface area contributed by atoms with Gasteiger partial charge in [0.05, 0.1) is 33.2 Å². The van der Waals surface area contributed by atoms with Crippen molar-refractivity contribution in [2.45, 2.75) is 262 Å². The number of fused-ring (bicyclic) bond motifs is 9. The van der Waals surface area contributed by atoms with Crippen molar-refractivity contribution in [3.05, 3.63) is 0 Å². The van der Waals surface area contributed by atoms with E-state index in [4.69, 9.17) is 4.74 Å². The molecule has 0 aromatic heterocycles. The van der Waals surface area contributed by atoms with Gasteiger partial charge in [0, 0.05) is 36.3 Å². The van der Waals surface area contributed by atoms with Gasteiger partial charge in [0.15, 0.2) is 19.7 Å². The molecule has 14 atom stereocenters. The number of ether oxygens (including phenoxy) is 1. The van der Waals surface area contributed by atoms with Gasteiger partial charge in [0.25, 0.3) is 0 Å². The number of nitrogens with zero attached hydrogens (tertiary/aromatic N) is 2. The topological polar surface area (TPSA) is 84.0 Å². The number of likely N-dealkylation sites (tertiary alicyclic amines) is 2. The molecule has 3 aliphatic heterocycles. The van der Waals surface area contributed by atoms with Crippen LogP contribution in [-0.4, -0.2) is 96.1 Å². The van der Waals surface area contributed by atoms with Gasteiger partial charge < -0.3 is 4.74 Å². The molecular weight excluding hydrogens is 749 g/mol. The molecule has 3 saturated heterocycles. The fraction of sp³-hybridized carbons (Fsp3) is 1.00. The van der Waals surface area contributed by atoms with Gasteiger partial charge in [-0.05, 0) is 177 Å². The van der Waals surface area contributed by atoms with E-state index < -0.39 is 19.7 Å². The predicted octanol–water partition coefficient (Wildman–Crippen LogP) is 9.41. The van der Waals surface area contributed by atoms with Gasteiger partial charge in [-0.1, -0.05) is 51.4 Å². The van der Waals surface area contributed by atoms with Gasteiger partial charge in [0.1, 0.15) is 0 Å². The molecule has 57 heavy (non-hydrogen) atoms. The van der Waals surface area contributed by atoms with Crippen molar-refractivity contribution in [1.29, 1.82) is 0 Å². The molecule has 0 spiro atoms. The minimum Gasteiger partial charge on any atom is -0.374 e. The summed E-state index contributed by atoms with van der Waals surface area (Å²) in [6.45, 7) is 0. The maximum Gasteiger partial charge on any atom is 0.156 e. The van der Waals surface area contributed by atoms with Crippen LogP contribution in [0.15, 0.2) is 0 Å². The first-order valence-corrected chi connectivity index (χ1v) is 28.6. The lowest BCUT2D eigenvalue weighted by Crippen LogP contribution is -2.50. The summed E-state index contributed by atoms with van der Waals surface area (Å²) in [5.74, 6) is 4.43. The first-order chi connectivity index (χ1) is 27.8. The van der Waals surface area contributed by atoms with E-state index in [1.165, 1.54) is 103 Å². The van der Waals surface area contributed by atoms with Gasteiger partial charge in [-0.3, -0.25) is 9.80 Å². The molecular formula is C48H78N2O5S2. The molecule has 0 radical (unpaired) electrons. The second-order valence-electron chi connectivity index (χ2n) is 22.4. The van der Waals surface area contributed by atoms with Gasteiger partial charge in [0.2, 0.25) is 0 Å². The summed E-state index contributed by atoms with van der Waals surface area (Å²) >= 11 is 0. The number of rotatable bonds is 6. The van der Waals surface area contributed by atoms with Crippen molar-refractivity contribution >= 4 is 19.7 Å². The molecule has 0 aromatic rings. The van der Waals surface area contributed by atoms with E-state index in [9.17, 15) is 16.8 Å². The quantitative estimate of drug-likeness (QED) is 0.264. The second kappa shape index (κ2) is 15.8. The van der Waals surface area contributed by atoms with Crippen LogP contribution in [0, 0.1) is 35.5 Å². The lowest BCUT2D eigenvalue weighted by atomic mass is 9.73. The lowest BCUT2D eigenvalue weighted by Gasteiger charge is -2.44. The molecule has 7 nitrogen and oxygen atoms in total. The normalized spacial score (nSPS) is 50.9. The summed E-state index contributed by atoms with van der Waals surface area (Å²) in [7, 11) is -6.44. The third-order valence-electron chi connectivity index (χ3n) is 20.2. The second-order valence-corrected chi connectivity index (χ2v) is 27.4. The first-order valence-electron chi connectivity index (χ1n) is 25.4. The molecule has 0 amide bonds.